The van der Waals surface area contributed by atoms with Crippen LogP contribution < -0.4 is 4.90 Å². The van der Waals surface area contributed by atoms with Gasteiger partial charge in [-0.25, -0.2) is 9.97 Å². The fraction of sp³-hybridized carbons (Fsp3) is 0.692. The number of aromatic nitrogens is 2. The van der Waals surface area contributed by atoms with E-state index in [0.29, 0.717) is 6.04 Å². The Bertz CT molecular complexity index is 408. The molecule has 2 saturated heterocycles. The number of nitrogens with zero attached hydrogens (tertiary/aromatic N) is 4. The molecule has 3 rings (SSSR count). The minimum atomic E-state index is 0.628. The van der Waals surface area contributed by atoms with Gasteiger partial charge in [-0.3, -0.25) is 4.90 Å². The Morgan fingerprint density at radius 2 is 1.95 bits per heavy atom. The number of anilines is 1. The van der Waals surface area contributed by atoms with Crippen LogP contribution in [-0.4, -0.2) is 60.3 Å². The van der Waals surface area contributed by atoms with E-state index in [1.165, 1.54) is 6.42 Å². The third-order valence-corrected chi connectivity index (χ3v) is 4.50. The van der Waals surface area contributed by atoms with Crippen LogP contribution in [0.2, 0.25) is 0 Å². The quantitative estimate of drug-likeness (QED) is 0.783. The first-order valence-corrected chi connectivity index (χ1v) is 7.92. The van der Waals surface area contributed by atoms with Gasteiger partial charge in [0, 0.05) is 49.9 Å². The summed E-state index contributed by atoms with van der Waals surface area (Å²) in [5.41, 5.74) is 1.12. The minimum Gasteiger partial charge on any atom is -0.379 e. The molecule has 0 aromatic carbocycles. The number of ether oxygens (including phenoxy) is 1. The molecule has 0 bridgehead atoms. The van der Waals surface area contributed by atoms with Crippen molar-refractivity contribution in [3.63, 3.8) is 0 Å². The molecular formula is C13H19BrN4O. The molecule has 19 heavy (non-hydrogen) atoms. The van der Waals surface area contributed by atoms with E-state index in [9.17, 15) is 0 Å². The molecule has 0 spiro atoms. The van der Waals surface area contributed by atoms with Crippen molar-refractivity contribution in [2.75, 3.05) is 44.3 Å². The topological polar surface area (TPSA) is 41.5 Å². The lowest BCUT2D eigenvalue weighted by atomic mass is 10.2. The number of rotatable bonds is 3. The summed E-state index contributed by atoms with van der Waals surface area (Å²) in [5, 5.41) is 0.809. The molecule has 0 N–H and O–H groups in total. The predicted octanol–water partition coefficient (Wildman–Crippen LogP) is 1.28. The smallest absolute Gasteiger partial charge is 0.225 e. The second-order valence-electron chi connectivity index (χ2n) is 5.06. The van der Waals surface area contributed by atoms with Crippen LogP contribution in [-0.2, 0) is 10.1 Å². The van der Waals surface area contributed by atoms with Crippen molar-refractivity contribution >= 4 is 21.9 Å². The summed E-state index contributed by atoms with van der Waals surface area (Å²) in [6, 6.07) is 0.628. The Hall–Kier alpha value is -0.720. The van der Waals surface area contributed by atoms with Gasteiger partial charge in [0.25, 0.3) is 0 Å². The molecule has 6 heteroatoms. The van der Waals surface area contributed by atoms with Crippen LogP contribution in [0.3, 0.4) is 0 Å². The van der Waals surface area contributed by atoms with Crippen molar-refractivity contribution in [2.24, 2.45) is 0 Å². The molecule has 1 aromatic rings. The van der Waals surface area contributed by atoms with E-state index in [4.69, 9.17) is 4.74 Å². The van der Waals surface area contributed by atoms with Crippen molar-refractivity contribution in [1.82, 2.24) is 14.9 Å². The first-order valence-electron chi connectivity index (χ1n) is 6.80. The van der Waals surface area contributed by atoms with E-state index in [1.807, 2.05) is 12.4 Å². The van der Waals surface area contributed by atoms with Gasteiger partial charge in [0.2, 0.25) is 5.95 Å². The summed E-state index contributed by atoms with van der Waals surface area (Å²) in [4.78, 5) is 13.7. The molecule has 104 valence electrons. The van der Waals surface area contributed by atoms with Crippen LogP contribution in [0.15, 0.2) is 12.4 Å². The largest absolute Gasteiger partial charge is 0.379 e. The Balaban J connectivity index is 1.61. The Labute approximate surface area is 122 Å². The molecule has 3 heterocycles. The number of hydrogen-bond acceptors (Lipinski definition) is 5. The highest BCUT2D eigenvalue weighted by Crippen LogP contribution is 2.20. The summed E-state index contributed by atoms with van der Waals surface area (Å²) >= 11 is 3.42. The van der Waals surface area contributed by atoms with Crippen molar-refractivity contribution in [3.8, 4) is 0 Å². The maximum Gasteiger partial charge on any atom is 0.225 e. The van der Waals surface area contributed by atoms with Gasteiger partial charge in [0.15, 0.2) is 0 Å². The SMILES string of the molecule is BrCc1cnc(N2CCC(N3CCOCC3)C2)nc1. The molecule has 0 amide bonds. The Morgan fingerprint density at radius 3 is 2.63 bits per heavy atom. The average molecular weight is 327 g/mol. The minimum absolute atomic E-state index is 0.628. The first kappa shape index (κ1) is 13.3. The van der Waals surface area contributed by atoms with Gasteiger partial charge in [-0.1, -0.05) is 15.9 Å². The second kappa shape index (κ2) is 6.15. The standard InChI is InChI=1S/C13H19BrN4O/c14-7-11-8-15-13(16-9-11)18-2-1-12(10-18)17-3-5-19-6-4-17/h8-9,12H,1-7,10H2. The van der Waals surface area contributed by atoms with Crippen molar-refractivity contribution in [2.45, 2.75) is 17.8 Å². The van der Waals surface area contributed by atoms with Crippen LogP contribution in [0.5, 0.6) is 0 Å². The summed E-state index contributed by atoms with van der Waals surface area (Å²) in [6.07, 6.45) is 5.00. The fourth-order valence-corrected chi connectivity index (χ4v) is 3.03. The molecule has 1 atom stereocenters. The van der Waals surface area contributed by atoms with E-state index in [0.717, 1.165) is 56.2 Å². The maximum atomic E-state index is 5.41. The van der Waals surface area contributed by atoms with E-state index >= 15 is 0 Å². The highest BCUT2D eigenvalue weighted by Gasteiger charge is 2.29. The fourth-order valence-electron chi connectivity index (χ4n) is 2.74. The molecule has 0 saturated carbocycles. The van der Waals surface area contributed by atoms with Crippen LogP contribution in [0, 0.1) is 0 Å². The van der Waals surface area contributed by atoms with Gasteiger partial charge in [0.1, 0.15) is 0 Å². The molecule has 2 aliphatic rings. The molecule has 2 aliphatic heterocycles. The first-order chi connectivity index (χ1) is 9.36. The van der Waals surface area contributed by atoms with E-state index in [1.54, 1.807) is 0 Å². The highest BCUT2D eigenvalue weighted by atomic mass is 79.9. The third kappa shape index (κ3) is 3.07. The summed E-state index contributed by atoms with van der Waals surface area (Å²) in [6.45, 7) is 5.94. The highest BCUT2D eigenvalue weighted by molar-refractivity contribution is 9.08. The number of alkyl halides is 1. The lowest BCUT2D eigenvalue weighted by Gasteiger charge is -2.32. The van der Waals surface area contributed by atoms with Crippen LogP contribution in [0.4, 0.5) is 5.95 Å². The van der Waals surface area contributed by atoms with Crippen molar-refractivity contribution < 1.29 is 4.74 Å². The summed E-state index contributed by atoms with van der Waals surface area (Å²) < 4.78 is 5.41. The van der Waals surface area contributed by atoms with E-state index in [2.05, 4.69) is 35.7 Å². The normalized spacial score (nSPS) is 24.9. The van der Waals surface area contributed by atoms with Crippen LogP contribution in [0.1, 0.15) is 12.0 Å². The van der Waals surface area contributed by atoms with Gasteiger partial charge >= 0.3 is 0 Å². The van der Waals surface area contributed by atoms with E-state index in [-0.39, 0.29) is 0 Å². The zero-order valence-electron chi connectivity index (χ0n) is 11.0. The molecule has 0 aliphatic carbocycles. The molecule has 1 unspecified atom stereocenters. The van der Waals surface area contributed by atoms with E-state index < -0.39 is 0 Å². The van der Waals surface area contributed by atoms with Gasteiger partial charge in [-0.15, -0.1) is 0 Å². The summed E-state index contributed by atoms with van der Waals surface area (Å²) in [7, 11) is 0. The van der Waals surface area contributed by atoms with Gasteiger partial charge in [-0.2, -0.15) is 0 Å². The monoisotopic (exact) mass is 326 g/mol. The second-order valence-corrected chi connectivity index (χ2v) is 5.62. The van der Waals surface area contributed by atoms with Gasteiger partial charge in [0.05, 0.1) is 13.2 Å². The van der Waals surface area contributed by atoms with Crippen molar-refractivity contribution in [1.29, 1.82) is 0 Å². The molecular weight excluding hydrogens is 308 g/mol. The number of hydrogen-bond donors (Lipinski definition) is 0. The lowest BCUT2D eigenvalue weighted by Crippen LogP contribution is -2.44. The Kier molecular flexibility index (Phi) is 4.30. The molecule has 5 nitrogen and oxygen atoms in total. The Morgan fingerprint density at radius 1 is 1.21 bits per heavy atom. The zero-order valence-corrected chi connectivity index (χ0v) is 12.5. The lowest BCUT2D eigenvalue weighted by molar-refractivity contribution is 0.0209. The van der Waals surface area contributed by atoms with Crippen LogP contribution >= 0.6 is 15.9 Å². The number of morpholine rings is 1. The zero-order chi connectivity index (χ0) is 13.1. The van der Waals surface area contributed by atoms with Gasteiger partial charge < -0.3 is 9.64 Å². The third-order valence-electron chi connectivity index (χ3n) is 3.85. The molecule has 2 fully saturated rings. The molecule has 1 aromatic heterocycles. The van der Waals surface area contributed by atoms with Gasteiger partial charge in [-0.05, 0) is 12.0 Å². The summed E-state index contributed by atoms with van der Waals surface area (Å²) in [5.74, 6) is 0.862. The predicted molar refractivity (Wildman–Crippen MR) is 77.7 cm³/mol. The molecule has 0 radical (unpaired) electrons. The maximum absolute atomic E-state index is 5.41. The van der Waals surface area contributed by atoms with Crippen LogP contribution in [0.25, 0.3) is 0 Å². The number of halogens is 1. The van der Waals surface area contributed by atoms with Crippen molar-refractivity contribution in [3.05, 3.63) is 18.0 Å². The average Bonchev–Trinajstić information content (AvgIpc) is 2.98.